The van der Waals surface area contributed by atoms with Crippen molar-refractivity contribution in [3.05, 3.63) is 23.8 Å². The Labute approximate surface area is 70.9 Å². The van der Waals surface area contributed by atoms with Gasteiger partial charge >= 0.3 is 0 Å². The fourth-order valence-electron chi connectivity index (χ4n) is 1.37. The molecule has 1 atom stereocenters. The molecule has 3 nitrogen and oxygen atoms in total. The maximum atomic E-state index is 11.1. The first-order valence-electron chi connectivity index (χ1n) is 4.02. The Bertz CT molecular complexity index is 289. The van der Waals surface area contributed by atoms with E-state index in [9.17, 15) is 4.79 Å². The highest BCUT2D eigenvalue weighted by Crippen LogP contribution is 2.11. The summed E-state index contributed by atoms with van der Waals surface area (Å²) in [7, 11) is 0. The van der Waals surface area contributed by atoms with Crippen molar-refractivity contribution >= 4 is 12.1 Å². The minimum atomic E-state index is -0.00815. The quantitative estimate of drug-likeness (QED) is 0.516. The average Bonchev–Trinajstić information content (AvgIpc) is 2.25. The summed E-state index contributed by atoms with van der Waals surface area (Å²) in [4.78, 5) is 15.0. The lowest BCUT2D eigenvalue weighted by Crippen LogP contribution is -2.35. The standard InChI is InChI=1S/C9H10N2O/c12-9-6-10-5-7-3-1-2-4-8(7)11-9/h2-5,8H,1,6H2,(H,11,12). The molecule has 0 saturated carbocycles. The number of nitrogens with zero attached hydrogens (tertiary/aromatic N) is 1. The molecule has 12 heavy (non-hydrogen) atoms. The van der Waals surface area contributed by atoms with E-state index in [1.54, 1.807) is 6.21 Å². The zero-order valence-corrected chi connectivity index (χ0v) is 6.66. The van der Waals surface area contributed by atoms with E-state index in [2.05, 4.69) is 16.4 Å². The third kappa shape index (κ3) is 1.30. The molecule has 0 radical (unpaired) electrons. The van der Waals surface area contributed by atoms with E-state index in [4.69, 9.17) is 0 Å². The Kier molecular flexibility index (Phi) is 1.78. The molecule has 62 valence electrons. The third-order valence-electron chi connectivity index (χ3n) is 1.97. The average molecular weight is 162 g/mol. The highest BCUT2D eigenvalue weighted by Gasteiger charge is 2.16. The number of carbonyl (C=O) groups excluding carboxylic acids is 1. The summed E-state index contributed by atoms with van der Waals surface area (Å²) >= 11 is 0. The molecule has 1 unspecified atom stereocenters. The van der Waals surface area contributed by atoms with Crippen LogP contribution < -0.4 is 5.32 Å². The van der Waals surface area contributed by atoms with Crippen LogP contribution in [0.1, 0.15) is 6.42 Å². The largest absolute Gasteiger partial charge is 0.344 e. The van der Waals surface area contributed by atoms with Crippen molar-refractivity contribution in [1.82, 2.24) is 5.32 Å². The summed E-state index contributed by atoms with van der Waals surface area (Å²) in [6, 6.07) is 0.0532. The zero-order valence-electron chi connectivity index (χ0n) is 6.66. The van der Waals surface area contributed by atoms with Gasteiger partial charge in [-0.3, -0.25) is 9.79 Å². The van der Waals surface area contributed by atoms with Gasteiger partial charge in [0.1, 0.15) is 6.54 Å². The molecule has 1 amide bonds. The van der Waals surface area contributed by atoms with E-state index in [0.29, 0.717) is 0 Å². The number of rotatable bonds is 0. The first-order chi connectivity index (χ1) is 5.86. The molecular formula is C9H10N2O. The number of fused-ring (bicyclic) bond motifs is 1. The molecule has 0 saturated heterocycles. The van der Waals surface area contributed by atoms with E-state index in [-0.39, 0.29) is 18.5 Å². The zero-order chi connectivity index (χ0) is 8.39. The molecule has 2 rings (SSSR count). The van der Waals surface area contributed by atoms with Gasteiger partial charge in [-0.25, -0.2) is 0 Å². The van der Waals surface area contributed by atoms with Crippen LogP contribution in [0.5, 0.6) is 0 Å². The van der Waals surface area contributed by atoms with E-state index in [1.807, 2.05) is 12.2 Å². The van der Waals surface area contributed by atoms with Gasteiger partial charge in [0.2, 0.25) is 5.91 Å². The summed E-state index contributed by atoms with van der Waals surface area (Å²) in [6.45, 7) is 0.252. The highest BCUT2D eigenvalue weighted by atomic mass is 16.1. The smallest absolute Gasteiger partial charge is 0.242 e. The maximum Gasteiger partial charge on any atom is 0.242 e. The number of nitrogens with one attached hydrogen (secondary N) is 1. The van der Waals surface area contributed by atoms with Gasteiger partial charge in [0, 0.05) is 6.21 Å². The molecule has 2 aliphatic rings. The fraction of sp³-hybridized carbons (Fsp3) is 0.333. The van der Waals surface area contributed by atoms with Crippen molar-refractivity contribution in [2.45, 2.75) is 12.5 Å². The molecule has 0 aromatic rings. The Morgan fingerprint density at radius 3 is 3.42 bits per heavy atom. The number of amides is 1. The van der Waals surface area contributed by atoms with Gasteiger partial charge in [0.25, 0.3) is 0 Å². The van der Waals surface area contributed by atoms with Gasteiger partial charge in [-0.2, -0.15) is 0 Å². The Morgan fingerprint density at radius 1 is 1.58 bits per heavy atom. The van der Waals surface area contributed by atoms with Gasteiger partial charge in [-0.1, -0.05) is 18.2 Å². The highest BCUT2D eigenvalue weighted by molar-refractivity contribution is 5.89. The second kappa shape index (κ2) is 2.93. The maximum absolute atomic E-state index is 11.1. The number of aliphatic imine (C=N–C) groups is 1. The molecule has 0 fully saturated rings. The Morgan fingerprint density at radius 2 is 2.50 bits per heavy atom. The van der Waals surface area contributed by atoms with Crippen LogP contribution in [0.4, 0.5) is 0 Å². The van der Waals surface area contributed by atoms with Crippen LogP contribution >= 0.6 is 0 Å². The van der Waals surface area contributed by atoms with E-state index < -0.39 is 0 Å². The molecule has 1 heterocycles. The minimum Gasteiger partial charge on any atom is -0.344 e. The van der Waals surface area contributed by atoms with Gasteiger partial charge < -0.3 is 5.32 Å². The van der Waals surface area contributed by atoms with Gasteiger partial charge in [0.05, 0.1) is 6.04 Å². The second-order valence-electron chi connectivity index (χ2n) is 2.88. The van der Waals surface area contributed by atoms with Crippen LogP contribution in [0.15, 0.2) is 28.8 Å². The topological polar surface area (TPSA) is 41.5 Å². The first-order valence-corrected chi connectivity index (χ1v) is 4.02. The number of allylic oxidation sites excluding steroid dienone is 2. The molecule has 1 aliphatic heterocycles. The summed E-state index contributed by atoms with van der Waals surface area (Å²) in [5, 5.41) is 2.86. The third-order valence-corrected chi connectivity index (χ3v) is 1.97. The van der Waals surface area contributed by atoms with Crippen LogP contribution in [0.2, 0.25) is 0 Å². The van der Waals surface area contributed by atoms with Gasteiger partial charge in [-0.05, 0) is 12.0 Å². The van der Waals surface area contributed by atoms with Crippen LogP contribution in [0.25, 0.3) is 0 Å². The summed E-state index contributed by atoms with van der Waals surface area (Å²) < 4.78 is 0. The van der Waals surface area contributed by atoms with Crippen LogP contribution in [-0.2, 0) is 4.79 Å². The van der Waals surface area contributed by atoms with Crippen molar-refractivity contribution < 1.29 is 4.79 Å². The second-order valence-corrected chi connectivity index (χ2v) is 2.88. The first kappa shape index (κ1) is 7.28. The Hall–Kier alpha value is -1.38. The minimum absolute atomic E-state index is 0.00815. The van der Waals surface area contributed by atoms with E-state index in [1.165, 1.54) is 0 Å². The van der Waals surface area contributed by atoms with Crippen molar-refractivity contribution in [3.63, 3.8) is 0 Å². The lowest BCUT2D eigenvalue weighted by Gasteiger charge is -2.15. The van der Waals surface area contributed by atoms with E-state index in [0.717, 1.165) is 12.0 Å². The lowest BCUT2D eigenvalue weighted by molar-refractivity contribution is -0.119. The summed E-state index contributed by atoms with van der Waals surface area (Å²) in [5.74, 6) is -0.00815. The molecule has 0 aromatic carbocycles. The van der Waals surface area contributed by atoms with Crippen molar-refractivity contribution in [3.8, 4) is 0 Å². The lowest BCUT2D eigenvalue weighted by atomic mass is 10.0. The summed E-state index contributed by atoms with van der Waals surface area (Å²) in [6.07, 6.45) is 8.86. The molecule has 3 heteroatoms. The van der Waals surface area contributed by atoms with Crippen LogP contribution in [0.3, 0.4) is 0 Å². The van der Waals surface area contributed by atoms with Crippen molar-refractivity contribution in [1.29, 1.82) is 0 Å². The Balaban J connectivity index is 2.26. The molecule has 0 aromatic heterocycles. The number of hydrogen-bond acceptors (Lipinski definition) is 2. The normalized spacial score (nSPS) is 27.2. The molecular weight excluding hydrogens is 152 g/mol. The predicted octanol–water partition coefficient (Wildman–Crippen LogP) is 0.442. The molecule has 1 aliphatic carbocycles. The van der Waals surface area contributed by atoms with E-state index >= 15 is 0 Å². The molecule has 1 N–H and O–H groups in total. The van der Waals surface area contributed by atoms with Crippen molar-refractivity contribution in [2.75, 3.05) is 6.54 Å². The number of hydrogen-bond donors (Lipinski definition) is 1. The van der Waals surface area contributed by atoms with Crippen molar-refractivity contribution in [2.24, 2.45) is 4.99 Å². The summed E-state index contributed by atoms with van der Waals surface area (Å²) in [5.41, 5.74) is 1.10. The van der Waals surface area contributed by atoms with Gasteiger partial charge in [-0.15, -0.1) is 0 Å². The SMILES string of the molecule is O=C1CN=CC2=CCC=CC2N1. The van der Waals surface area contributed by atoms with Crippen LogP contribution in [0, 0.1) is 0 Å². The fourth-order valence-corrected chi connectivity index (χ4v) is 1.37. The molecule has 0 spiro atoms. The van der Waals surface area contributed by atoms with Crippen LogP contribution in [-0.4, -0.2) is 24.7 Å². The number of carbonyl (C=O) groups is 1. The molecule has 0 bridgehead atoms. The predicted molar refractivity (Wildman–Crippen MR) is 47.1 cm³/mol. The van der Waals surface area contributed by atoms with Gasteiger partial charge in [0.15, 0.2) is 0 Å². The monoisotopic (exact) mass is 162 g/mol.